The fraction of sp³-hybridized carbons (Fsp3) is 0.938. The summed E-state index contributed by atoms with van der Waals surface area (Å²) in [7, 11) is 0. The highest BCUT2D eigenvalue weighted by Gasteiger charge is 2.35. The molecule has 1 amide bonds. The molecule has 1 aliphatic heterocycles. The number of carbonyl (C=O) groups excluding carboxylic acids is 1. The van der Waals surface area contributed by atoms with Gasteiger partial charge in [0, 0.05) is 19.5 Å². The Labute approximate surface area is 112 Å². The number of carbonyl (C=O) groups is 1. The van der Waals surface area contributed by atoms with E-state index in [9.17, 15) is 4.79 Å². The van der Waals surface area contributed by atoms with Crippen molar-refractivity contribution in [2.24, 2.45) is 17.8 Å². The summed E-state index contributed by atoms with van der Waals surface area (Å²) in [5, 5.41) is 0. The molecule has 0 aromatic rings. The second-order valence-electron chi connectivity index (χ2n) is 6.07. The molecule has 2 nitrogen and oxygen atoms in total. The van der Waals surface area contributed by atoms with E-state index in [-0.39, 0.29) is 0 Å². The number of nitrogens with zero attached hydrogens (tertiary/aromatic N) is 1. The van der Waals surface area contributed by atoms with E-state index >= 15 is 0 Å². The third kappa shape index (κ3) is 3.07. The van der Waals surface area contributed by atoms with Crippen molar-refractivity contribution in [2.45, 2.75) is 65.2 Å². The molecule has 3 atom stereocenters. The van der Waals surface area contributed by atoms with E-state index in [0.717, 1.165) is 43.7 Å². The van der Waals surface area contributed by atoms with Gasteiger partial charge in [-0.2, -0.15) is 0 Å². The first kappa shape index (κ1) is 13.9. The Bertz CT molecular complexity index is 276. The predicted octanol–water partition coefficient (Wildman–Crippen LogP) is 3.85. The van der Waals surface area contributed by atoms with Crippen LogP contribution in [-0.4, -0.2) is 23.9 Å². The number of hydrogen-bond donors (Lipinski definition) is 0. The first-order valence-electron chi connectivity index (χ1n) is 8.10. The van der Waals surface area contributed by atoms with E-state index in [4.69, 9.17) is 0 Å². The molecule has 0 N–H and O–H groups in total. The van der Waals surface area contributed by atoms with Gasteiger partial charge in [-0.3, -0.25) is 4.79 Å². The summed E-state index contributed by atoms with van der Waals surface area (Å²) >= 11 is 0. The summed E-state index contributed by atoms with van der Waals surface area (Å²) < 4.78 is 0. The number of fused-ring (bicyclic) bond motifs is 1. The van der Waals surface area contributed by atoms with Crippen LogP contribution in [0, 0.1) is 17.8 Å². The smallest absolute Gasteiger partial charge is 0.222 e. The monoisotopic (exact) mass is 251 g/mol. The lowest BCUT2D eigenvalue weighted by atomic mass is 9.76. The lowest BCUT2D eigenvalue weighted by molar-refractivity contribution is -0.128. The van der Waals surface area contributed by atoms with Crippen molar-refractivity contribution in [3.63, 3.8) is 0 Å². The summed E-state index contributed by atoms with van der Waals surface area (Å²) in [6, 6.07) is 0. The number of rotatable bonds is 2. The molecule has 2 saturated carbocycles. The molecule has 0 radical (unpaired) electrons. The van der Waals surface area contributed by atoms with Crippen molar-refractivity contribution in [3.05, 3.63) is 0 Å². The number of hydrogen-bond acceptors (Lipinski definition) is 1. The molecular formula is C16H29NO. The number of amides is 1. The minimum Gasteiger partial charge on any atom is -0.342 e. The van der Waals surface area contributed by atoms with Crippen molar-refractivity contribution < 1.29 is 4.79 Å². The van der Waals surface area contributed by atoms with E-state index in [1.54, 1.807) is 0 Å². The van der Waals surface area contributed by atoms with Crippen LogP contribution in [0.25, 0.3) is 0 Å². The van der Waals surface area contributed by atoms with Crippen LogP contribution < -0.4 is 0 Å². The van der Waals surface area contributed by atoms with Crippen molar-refractivity contribution in [1.29, 1.82) is 0 Å². The highest BCUT2D eigenvalue weighted by atomic mass is 16.2. The summed E-state index contributed by atoms with van der Waals surface area (Å²) in [5.74, 6) is 3.29. The van der Waals surface area contributed by atoms with Gasteiger partial charge >= 0.3 is 0 Å². The Balaban J connectivity index is 0.000000574. The molecule has 0 aromatic carbocycles. The average molecular weight is 251 g/mol. The SMILES string of the molecule is CC.O=C1CCCN1CC1CCC2CCCC2C1. The lowest BCUT2D eigenvalue weighted by Crippen LogP contribution is -2.34. The standard InChI is InChI=1S/C14H23NO.C2H6/c16-14-5-2-8-15(14)10-11-6-7-12-3-1-4-13(12)9-11;1-2/h11-13H,1-10H2;1-2H3. The summed E-state index contributed by atoms with van der Waals surface area (Å²) in [6.45, 7) is 6.10. The van der Waals surface area contributed by atoms with Gasteiger partial charge in [-0.1, -0.05) is 33.1 Å². The Morgan fingerprint density at radius 2 is 1.83 bits per heavy atom. The van der Waals surface area contributed by atoms with Gasteiger partial charge in [0.05, 0.1) is 0 Å². The highest BCUT2D eigenvalue weighted by molar-refractivity contribution is 5.78. The molecule has 3 unspecified atom stereocenters. The zero-order chi connectivity index (χ0) is 13.0. The summed E-state index contributed by atoms with van der Waals surface area (Å²) in [6.07, 6.45) is 10.5. The Morgan fingerprint density at radius 3 is 2.56 bits per heavy atom. The highest BCUT2D eigenvalue weighted by Crippen LogP contribution is 2.44. The molecule has 2 heteroatoms. The molecule has 1 heterocycles. The minimum absolute atomic E-state index is 0.411. The second-order valence-corrected chi connectivity index (χ2v) is 6.07. The molecule has 0 bridgehead atoms. The Morgan fingerprint density at radius 1 is 1.06 bits per heavy atom. The van der Waals surface area contributed by atoms with Crippen LogP contribution in [0.15, 0.2) is 0 Å². The zero-order valence-corrected chi connectivity index (χ0v) is 12.2. The van der Waals surface area contributed by atoms with Gasteiger partial charge in [-0.05, 0) is 43.4 Å². The largest absolute Gasteiger partial charge is 0.342 e. The summed E-state index contributed by atoms with van der Waals surface area (Å²) in [4.78, 5) is 13.7. The molecule has 3 aliphatic rings. The van der Waals surface area contributed by atoms with Gasteiger partial charge in [0.15, 0.2) is 0 Å². The van der Waals surface area contributed by atoms with E-state index in [1.807, 2.05) is 13.8 Å². The third-order valence-corrected chi connectivity index (χ3v) is 5.05. The molecule has 1 saturated heterocycles. The van der Waals surface area contributed by atoms with Crippen molar-refractivity contribution in [3.8, 4) is 0 Å². The maximum absolute atomic E-state index is 11.6. The van der Waals surface area contributed by atoms with Crippen molar-refractivity contribution >= 4 is 5.91 Å². The minimum atomic E-state index is 0.411. The van der Waals surface area contributed by atoms with Crippen LogP contribution in [0.2, 0.25) is 0 Å². The fourth-order valence-corrected chi connectivity index (χ4v) is 4.17. The molecule has 3 fully saturated rings. The van der Waals surface area contributed by atoms with Gasteiger partial charge in [0.2, 0.25) is 5.91 Å². The van der Waals surface area contributed by atoms with Crippen LogP contribution in [0.4, 0.5) is 0 Å². The molecule has 0 aromatic heterocycles. The van der Waals surface area contributed by atoms with Crippen LogP contribution >= 0.6 is 0 Å². The molecule has 3 rings (SSSR count). The third-order valence-electron chi connectivity index (χ3n) is 5.05. The summed E-state index contributed by atoms with van der Waals surface area (Å²) in [5.41, 5.74) is 0. The van der Waals surface area contributed by atoms with E-state index in [0.29, 0.717) is 5.91 Å². The van der Waals surface area contributed by atoms with Crippen molar-refractivity contribution in [2.75, 3.05) is 13.1 Å². The Kier molecular flexibility index (Phi) is 5.08. The molecule has 2 aliphatic carbocycles. The maximum atomic E-state index is 11.6. The van der Waals surface area contributed by atoms with Gasteiger partial charge in [-0.25, -0.2) is 0 Å². The fourth-order valence-electron chi connectivity index (χ4n) is 4.17. The van der Waals surface area contributed by atoms with Crippen LogP contribution in [-0.2, 0) is 4.79 Å². The van der Waals surface area contributed by atoms with Gasteiger partial charge in [0.25, 0.3) is 0 Å². The quantitative estimate of drug-likeness (QED) is 0.730. The van der Waals surface area contributed by atoms with Gasteiger partial charge in [-0.15, -0.1) is 0 Å². The molecule has 0 spiro atoms. The zero-order valence-electron chi connectivity index (χ0n) is 12.2. The first-order valence-corrected chi connectivity index (χ1v) is 8.10. The molecule has 18 heavy (non-hydrogen) atoms. The van der Waals surface area contributed by atoms with Crippen molar-refractivity contribution in [1.82, 2.24) is 4.90 Å². The van der Waals surface area contributed by atoms with E-state index < -0.39 is 0 Å². The number of likely N-dealkylation sites (tertiary alicyclic amines) is 1. The average Bonchev–Trinajstić information content (AvgIpc) is 3.01. The predicted molar refractivity (Wildman–Crippen MR) is 75.3 cm³/mol. The Hall–Kier alpha value is -0.530. The lowest BCUT2D eigenvalue weighted by Gasteiger charge is -2.34. The normalized spacial score (nSPS) is 35.1. The molecule has 104 valence electrons. The first-order chi connectivity index (χ1) is 8.83. The van der Waals surface area contributed by atoms with E-state index in [2.05, 4.69) is 4.90 Å². The van der Waals surface area contributed by atoms with Crippen LogP contribution in [0.5, 0.6) is 0 Å². The van der Waals surface area contributed by atoms with Crippen LogP contribution in [0.3, 0.4) is 0 Å². The van der Waals surface area contributed by atoms with Gasteiger partial charge in [0.1, 0.15) is 0 Å². The molecular weight excluding hydrogens is 222 g/mol. The van der Waals surface area contributed by atoms with Crippen LogP contribution in [0.1, 0.15) is 65.2 Å². The maximum Gasteiger partial charge on any atom is 0.222 e. The second kappa shape index (κ2) is 6.58. The van der Waals surface area contributed by atoms with Gasteiger partial charge < -0.3 is 4.90 Å². The topological polar surface area (TPSA) is 20.3 Å². The van der Waals surface area contributed by atoms with E-state index in [1.165, 1.54) is 38.5 Å².